The van der Waals surface area contributed by atoms with Gasteiger partial charge < -0.3 is 11.1 Å². The van der Waals surface area contributed by atoms with Gasteiger partial charge in [0.05, 0.1) is 5.01 Å². The number of primary amides is 1. The van der Waals surface area contributed by atoms with Crippen molar-refractivity contribution in [3.8, 4) is 0 Å². The zero-order chi connectivity index (χ0) is 13.8. The largest absolute Gasteiger partial charge is 0.368 e. The Morgan fingerprint density at radius 3 is 2.53 bits per heavy atom. The van der Waals surface area contributed by atoms with Crippen LogP contribution in [0, 0.1) is 6.92 Å². The molecule has 2 rings (SSSR count). The highest BCUT2D eigenvalue weighted by Gasteiger charge is 2.21. The number of nitrogens with two attached hydrogens (primary N) is 1. The number of rotatable bonds is 4. The number of hydrogen-bond donors (Lipinski definition) is 2. The fourth-order valence-electron chi connectivity index (χ4n) is 1.64. The second-order valence-electron chi connectivity index (χ2n) is 3.97. The molecule has 0 radical (unpaired) electrons. The van der Waals surface area contributed by atoms with E-state index in [2.05, 4.69) is 10.3 Å². The van der Waals surface area contributed by atoms with E-state index in [9.17, 15) is 9.59 Å². The molecule has 2 amide bonds. The van der Waals surface area contributed by atoms with Crippen LogP contribution in [-0.4, -0.2) is 16.8 Å². The Kier molecular flexibility index (Phi) is 3.91. The lowest BCUT2D eigenvalue weighted by Gasteiger charge is -2.14. The molecule has 1 atom stereocenters. The molecule has 0 fully saturated rings. The molecule has 2 aromatic rings. The Balaban J connectivity index is 2.18. The first kappa shape index (κ1) is 13.2. The van der Waals surface area contributed by atoms with Gasteiger partial charge in [0.2, 0.25) is 5.91 Å². The minimum absolute atomic E-state index is 0.296. The van der Waals surface area contributed by atoms with Gasteiger partial charge in [-0.2, -0.15) is 0 Å². The number of benzene rings is 1. The van der Waals surface area contributed by atoms with E-state index in [1.165, 1.54) is 11.3 Å². The predicted molar refractivity (Wildman–Crippen MR) is 72.7 cm³/mol. The third-order valence-electron chi connectivity index (χ3n) is 2.54. The summed E-state index contributed by atoms with van der Waals surface area (Å²) in [6.07, 6.45) is 0. The maximum atomic E-state index is 12.0. The van der Waals surface area contributed by atoms with Crippen LogP contribution in [0.3, 0.4) is 0 Å². The zero-order valence-corrected chi connectivity index (χ0v) is 11.1. The molecule has 0 saturated carbocycles. The standard InChI is InChI=1S/C13H13N3O2S/c1-8-15-10(7-19-8)13(18)16-11(12(14)17)9-5-3-2-4-6-9/h2-7,11H,1H3,(H2,14,17)(H,16,18)/t11-/m1/s1. The van der Waals surface area contributed by atoms with Gasteiger partial charge in [0.1, 0.15) is 11.7 Å². The summed E-state index contributed by atoms with van der Waals surface area (Å²) in [5.41, 5.74) is 6.27. The van der Waals surface area contributed by atoms with Crippen LogP contribution < -0.4 is 11.1 Å². The van der Waals surface area contributed by atoms with Crippen LogP contribution in [0.2, 0.25) is 0 Å². The minimum atomic E-state index is -0.851. The average Bonchev–Trinajstić information content (AvgIpc) is 2.83. The molecule has 19 heavy (non-hydrogen) atoms. The van der Waals surface area contributed by atoms with E-state index in [1.54, 1.807) is 29.6 Å². The molecule has 1 heterocycles. The van der Waals surface area contributed by atoms with E-state index >= 15 is 0 Å². The monoisotopic (exact) mass is 275 g/mol. The zero-order valence-electron chi connectivity index (χ0n) is 10.3. The van der Waals surface area contributed by atoms with Crippen molar-refractivity contribution in [3.63, 3.8) is 0 Å². The fraction of sp³-hybridized carbons (Fsp3) is 0.154. The van der Waals surface area contributed by atoms with E-state index in [0.29, 0.717) is 11.3 Å². The van der Waals surface area contributed by atoms with Crippen LogP contribution in [0.5, 0.6) is 0 Å². The number of hydrogen-bond acceptors (Lipinski definition) is 4. The highest BCUT2D eigenvalue weighted by atomic mass is 32.1. The summed E-state index contributed by atoms with van der Waals surface area (Å²) >= 11 is 1.38. The molecule has 0 bridgehead atoms. The van der Waals surface area contributed by atoms with Gasteiger partial charge in [0, 0.05) is 5.38 Å². The van der Waals surface area contributed by atoms with E-state index < -0.39 is 17.9 Å². The lowest BCUT2D eigenvalue weighted by atomic mass is 10.1. The number of amides is 2. The summed E-state index contributed by atoms with van der Waals surface area (Å²) in [6, 6.07) is 8.02. The third-order valence-corrected chi connectivity index (χ3v) is 3.32. The average molecular weight is 275 g/mol. The van der Waals surface area contributed by atoms with Gasteiger partial charge in [0.25, 0.3) is 5.91 Å². The molecule has 98 valence electrons. The van der Waals surface area contributed by atoms with Gasteiger partial charge in [-0.3, -0.25) is 9.59 Å². The first-order valence-electron chi connectivity index (χ1n) is 5.65. The van der Waals surface area contributed by atoms with E-state index in [4.69, 9.17) is 5.73 Å². The molecule has 0 spiro atoms. The second kappa shape index (κ2) is 5.62. The topological polar surface area (TPSA) is 85.1 Å². The van der Waals surface area contributed by atoms with Crippen molar-refractivity contribution < 1.29 is 9.59 Å². The van der Waals surface area contributed by atoms with Gasteiger partial charge in [-0.1, -0.05) is 30.3 Å². The van der Waals surface area contributed by atoms with Crippen molar-refractivity contribution in [2.75, 3.05) is 0 Å². The quantitative estimate of drug-likeness (QED) is 0.884. The fourth-order valence-corrected chi connectivity index (χ4v) is 2.23. The molecule has 0 aliphatic rings. The molecule has 1 aromatic heterocycles. The van der Waals surface area contributed by atoms with Crippen LogP contribution in [-0.2, 0) is 4.79 Å². The van der Waals surface area contributed by atoms with Crippen LogP contribution in [0.25, 0.3) is 0 Å². The molecular formula is C13H13N3O2S. The normalized spacial score (nSPS) is 11.8. The number of carbonyl (C=O) groups excluding carboxylic acids is 2. The van der Waals surface area contributed by atoms with Crippen molar-refractivity contribution in [1.82, 2.24) is 10.3 Å². The number of aryl methyl sites for hydroxylation is 1. The number of thiazole rings is 1. The van der Waals surface area contributed by atoms with Gasteiger partial charge in [0.15, 0.2) is 0 Å². The number of aromatic nitrogens is 1. The third kappa shape index (κ3) is 3.17. The molecule has 0 unspecified atom stereocenters. The summed E-state index contributed by atoms with van der Waals surface area (Å²) in [5.74, 6) is -1.01. The van der Waals surface area contributed by atoms with Crippen molar-refractivity contribution in [1.29, 1.82) is 0 Å². The lowest BCUT2D eigenvalue weighted by molar-refractivity contribution is -0.120. The van der Waals surface area contributed by atoms with E-state index in [-0.39, 0.29) is 0 Å². The molecule has 6 heteroatoms. The SMILES string of the molecule is Cc1nc(C(=O)N[C@@H](C(N)=O)c2ccccc2)cs1. The van der Waals surface area contributed by atoms with Gasteiger partial charge in [-0.05, 0) is 12.5 Å². The van der Waals surface area contributed by atoms with Crippen molar-refractivity contribution in [2.45, 2.75) is 13.0 Å². The Morgan fingerprint density at radius 1 is 1.32 bits per heavy atom. The molecular weight excluding hydrogens is 262 g/mol. The number of nitrogens with one attached hydrogen (secondary N) is 1. The maximum absolute atomic E-state index is 12.0. The minimum Gasteiger partial charge on any atom is -0.368 e. The number of nitrogens with zero attached hydrogens (tertiary/aromatic N) is 1. The van der Waals surface area contributed by atoms with Gasteiger partial charge >= 0.3 is 0 Å². The Labute approximate surface area is 114 Å². The Hall–Kier alpha value is -2.21. The lowest BCUT2D eigenvalue weighted by Crippen LogP contribution is -2.37. The van der Waals surface area contributed by atoms with Gasteiger partial charge in [-0.15, -0.1) is 11.3 Å². The second-order valence-corrected chi connectivity index (χ2v) is 5.03. The first-order valence-corrected chi connectivity index (χ1v) is 6.53. The highest BCUT2D eigenvalue weighted by molar-refractivity contribution is 7.09. The molecule has 0 aliphatic carbocycles. The maximum Gasteiger partial charge on any atom is 0.271 e. The highest BCUT2D eigenvalue weighted by Crippen LogP contribution is 2.14. The van der Waals surface area contributed by atoms with Crippen LogP contribution in [0.15, 0.2) is 35.7 Å². The first-order chi connectivity index (χ1) is 9.08. The van der Waals surface area contributed by atoms with Crippen LogP contribution in [0.1, 0.15) is 27.1 Å². The van der Waals surface area contributed by atoms with Crippen molar-refractivity contribution in [2.24, 2.45) is 5.73 Å². The summed E-state index contributed by atoms with van der Waals surface area (Å²) in [4.78, 5) is 27.5. The summed E-state index contributed by atoms with van der Waals surface area (Å²) in [6.45, 7) is 1.81. The Morgan fingerprint density at radius 2 is 2.00 bits per heavy atom. The summed E-state index contributed by atoms with van der Waals surface area (Å²) < 4.78 is 0. The molecule has 1 aromatic carbocycles. The van der Waals surface area contributed by atoms with E-state index in [1.807, 2.05) is 13.0 Å². The molecule has 0 aliphatic heterocycles. The van der Waals surface area contributed by atoms with Gasteiger partial charge in [-0.25, -0.2) is 4.98 Å². The summed E-state index contributed by atoms with van der Waals surface area (Å²) in [7, 11) is 0. The Bertz CT molecular complexity index is 595. The van der Waals surface area contributed by atoms with Crippen LogP contribution >= 0.6 is 11.3 Å². The molecule has 3 N–H and O–H groups in total. The van der Waals surface area contributed by atoms with Crippen LogP contribution in [0.4, 0.5) is 0 Å². The van der Waals surface area contributed by atoms with Crippen molar-refractivity contribution in [3.05, 3.63) is 52.0 Å². The summed E-state index contributed by atoms with van der Waals surface area (Å²) in [5, 5.41) is 5.03. The molecule has 0 saturated heterocycles. The number of carbonyl (C=O) groups is 2. The van der Waals surface area contributed by atoms with Crippen molar-refractivity contribution >= 4 is 23.2 Å². The smallest absolute Gasteiger partial charge is 0.271 e. The molecule has 5 nitrogen and oxygen atoms in total. The van der Waals surface area contributed by atoms with E-state index in [0.717, 1.165) is 5.01 Å². The predicted octanol–water partition coefficient (Wildman–Crippen LogP) is 1.41.